The molecule has 1 amide bonds. The zero-order valence-electron chi connectivity index (χ0n) is 24.0. The van der Waals surface area contributed by atoms with E-state index in [4.69, 9.17) is 0 Å². The highest BCUT2D eigenvalue weighted by Gasteiger charge is 2.20. The van der Waals surface area contributed by atoms with Gasteiger partial charge in [0.1, 0.15) is 11.0 Å². The molecule has 2 aromatic heterocycles. The topological polar surface area (TPSA) is 128 Å². The van der Waals surface area contributed by atoms with Gasteiger partial charge in [0.05, 0.1) is 17.5 Å². The molecule has 43 heavy (non-hydrogen) atoms. The number of amides is 1. The molecular weight excluding hydrogens is 583 g/mol. The van der Waals surface area contributed by atoms with Crippen LogP contribution in [0.2, 0.25) is 0 Å². The average molecular weight is 618 g/mol. The van der Waals surface area contributed by atoms with Gasteiger partial charge in [-0.15, -0.1) is 0 Å². The Labute approximate surface area is 256 Å². The standard InChI is InChI=1S/C32H35N5O4S2/c1-32(2,34-21-29(38)23-7-6-8-25(18-23)36-43(41)27-9-4-3-5-10-27)14-16-37-15-13-22-17-24(11-12-28(22)37)31(40)33-20-26-19-30(39)42-35-26/h3-13,15,17-19,29,34-36,38H,14,16,20-21H2,1-2H3,(H,33,40). The first kappa shape index (κ1) is 30.4. The fourth-order valence-electron chi connectivity index (χ4n) is 4.72. The van der Waals surface area contributed by atoms with Gasteiger partial charge in [-0.05, 0) is 85.9 Å². The second-order valence-corrected chi connectivity index (χ2v) is 13.0. The molecule has 2 atom stereocenters. The molecule has 224 valence electrons. The zero-order chi connectivity index (χ0) is 30.4. The summed E-state index contributed by atoms with van der Waals surface area (Å²) in [5, 5.41) is 18.2. The second-order valence-electron chi connectivity index (χ2n) is 11.0. The number of aryl methyl sites for hydroxylation is 1. The van der Waals surface area contributed by atoms with E-state index in [2.05, 4.69) is 38.1 Å². The van der Waals surface area contributed by atoms with Crippen molar-refractivity contribution in [3.05, 3.63) is 117 Å². The van der Waals surface area contributed by atoms with Gasteiger partial charge in [-0.2, -0.15) is 0 Å². The van der Waals surface area contributed by atoms with Gasteiger partial charge in [0.25, 0.3) is 5.91 Å². The number of anilines is 1. The molecule has 2 heterocycles. The van der Waals surface area contributed by atoms with E-state index in [1.54, 1.807) is 12.1 Å². The van der Waals surface area contributed by atoms with Crippen LogP contribution in [-0.4, -0.2) is 36.2 Å². The molecule has 0 fully saturated rings. The average Bonchev–Trinajstić information content (AvgIpc) is 3.63. The third-order valence-electron chi connectivity index (χ3n) is 7.24. The Kier molecular flexibility index (Phi) is 9.56. The lowest BCUT2D eigenvalue weighted by Crippen LogP contribution is -2.42. The molecule has 0 radical (unpaired) electrons. The summed E-state index contributed by atoms with van der Waals surface area (Å²) in [5.41, 5.74) is 3.43. The number of β-amino-alcohol motifs (C(OH)–C–C–N with tert-alkyl or cyclic N) is 1. The van der Waals surface area contributed by atoms with Crippen LogP contribution >= 0.6 is 11.5 Å². The van der Waals surface area contributed by atoms with Gasteiger partial charge in [0, 0.05) is 58.7 Å². The number of benzene rings is 3. The molecule has 3 aromatic carbocycles. The van der Waals surface area contributed by atoms with Crippen LogP contribution in [-0.2, 0) is 24.1 Å². The van der Waals surface area contributed by atoms with E-state index in [1.807, 2.05) is 72.9 Å². The van der Waals surface area contributed by atoms with Gasteiger partial charge in [0.15, 0.2) is 0 Å². The summed E-state index contributed by atoms with van der Waals surface area (Å²) in [7, 11) is -1.39. The third kappa shape index (κ3) is 8.08. The van der Waals surface area contributed by atoms with Crippen molar-refractivity contribution in [2.75, 3.05) is 11.3 Å². The highest BCUT2D eigenvalue weighted by atomic mass is 32.2. The van der Waals surface area contributed by atoms with E-state index in [0.717, 1.165) is 41.0 Å². The molecule has 5 aromatic rings. The molecule has 0 saturated carbocycles. The Hall–Kier alpha value is -4.03. The lowest BCUT2D eigenvalue weighted by Gasteiger charge is -2.28. The van der Waals surface area contributed by atoms with E-state index < -0.39 is 17.1 Å². The first-order valence-corrected chi connectivity index (χ1v) is 15.9. The summed E-state index contributed by atoms with van der Waals surface area (Å²) in [4.78, 5) is 24.6. The molecule has 2 unspecified atom stereocenters. The summed E-state index contributed by atoms with van der Waals surface area (Å²) < 4.78 is 20.6. The van der Waals surface area contributed by atoms with E-state index in [-0.39, 0.29) is 22.7 Å². The minimum atomic E-state index is -1.39. The van der Waals surface area contributed by atoms with Crippen molar-refractivity contribution >= 4 is 45.0 Å². The van der Waals surface area contributed by atoms with Crippen molar-refractivity contribution in [1.29, 1.82) is 0 Å². The molecule has 11 heteroatoms. The van der Waals surface area contributed by atoms with Crippen LogP contribution in [0.4, 0.5) is 5.69 Å². The first-order chi connectivity index (χ1) is 20.7. The summed E-state index contributed by atoms with van der Waals surface area (Å²) in [6.07, 6.45) is 2.09. The molecule has 0 aliphatic carbocycles. The van der Waals surface area contributed by atoms with Crippen LogP contribution in [0.3, 0.4) is 0 Å². The first-order valence-electron chi connectivity index (χ1n) is 14.0. The fraction of sp³-hybridized carbons (Fsp3) is 0.250. The maximum atomic E-state index is 12.6. The van der Waals surface area contributed by atoms with Crippen LogP contribution in [0.1, 0.15) is 48.0 Å². The van der Waals surface area contributed by atoms with E-state index in [1.165, 1.54) is 6.07 Å². The minimum Gasteiger partial charge on any atom is -0.387 e. The van der Waals surface area contributed by atoms with Crippen molar-refractivity contribution in [2.24, 2.45) is 0 Å². The fourth-order valence-corrected chi connectivity index (χ4v) is 6.14. The van der Waals surface area contributed by atoms with Crippen LogP contribution in [0.5, 0.6) is 0 Å². The highest BCUT2D eigenvalue weighted by Crippen LogP contribution is 2.22. The molecule has 0 aliphatic rings. The molecular formula is C32H35N5O4S2. The quantitative estimate of drug-likeness (QED) is 0.128. The Balaban J connectivity index is 1.13. The minimum absolute atomic E-state index is 0.0706. The van der Waals surface area contributed by atoms with Gasteiger partial charge in [-0.3, -0.25) is 9.59 Å². The predicted octanol–water partition coefficient (Wildman–Crippen LogP) is 4.95. The molecule has 5 rings (SSSR count). The molecule has 9 nitrogen and oxygen atoms in total. The lowest BCUT2D eigenvalue weighted by molar-refractivity contribution is 0.0950. The van der Waals surface area contributed by atoms with Crippen LogP contribution in [0.25, 0.3) is 10.9 Å². The zero-order valence-corrected chi connectivity index (χ0v) is 25.6. The monoisotopic (exact) mass is 617 g/mol. The number of carbonyl (C=O) groups excluding carboxylic acids is 1. The van der Waals surface area contributed by atoms with E-state index in [0.29, 0.717) is 28.4 Å². The Morgan fingerprint density at radius 1 is 1.05 bits per heavy atom. The van der Waals surface area contributed by atoms with Crippen molar-refractivity contribution < 1.29 is 14.1 Å². The number of aromatic nitrogens is 2. The van der Waals surface area contributed by atoms with Crippen LogP contribution < -0.4 is 20.1 Å². The van der Waals surface area contributed by atoms with Crippen LogP contribution in [0, 0.1) is 0 Å². The highest BCUT2D eigenvalue weighted by molar-refractivity contribution is 7.86. The van der Waals surface area contributed by atoms with Crippen molar-refractivity contribution in [1.82, 2.24) is 19.6 Å². The number of hydrogen-bond acceptors (Lipinski definition) is 6. The number of nitrogens with zero attached hydrogens (tertiary/aromatic N) is 1. The normalized spacial score (nSPS) is 13.1. The molecule has 0 spiro atoms. The van der Waals surface area contributed by atoms with Gasteiger partial charge >= 0.3 is 0 Å². The van der Waals surface area contributed by atoms with E-state index in [9.17, 15) is 18.9 Å². The summed E-state index contributed by atoms with van der Waals surface area (Å²) in [6.45, 7) is 5.60. The number of nitrogens with one attached hydrogen (secondary N) is 4. The van der Waals surface area contributed by atoms with Gasteiger partial charge in [-0.25, -0.2) is 4.21 Å². The summed E-state index contributed by atoms with van der Waals surface area (Å²) >= 11 is 1.00. The summed E-state index contributed by atoms with van der Waals surface area (Å²) in [6, 6.07) is 25.7. The van der Waals surface area contributed by atoms with Gasteiger partial charge < -0.3 is 29.4 Å². The maximum Gasteiger partial charge on any atom is 0.251 e. The van der Waals surface area contributed by atoms with E-state index >= 15 is 0 Å². The molecule has 5 N–H and O–H groups in total. The van der Waals surface area contributed by atoms with Gasteiger partial charge in [0.2, 0.25) is 4.74 Å². The van der Waals surface area contributed by atoms with Crippen molar-refractivity contribution in [3.63, 3.8) is 0 Å². The number of carbonyl (C=O) groups is 1. The smallest absolute Gasteiger partial charge is 0.251 e. The maximum absolute atomic E-state index is 12.6. The molecule has 0 saturated heterocycles. The largest absolute Gasteiger partial charge is 0.387 e. The number of aliphatic hydroxyl groups excluding tert-OH is 1. The van der Waals surface area contributed by atoms with Crippen LogP contribution in [0.15, 0.2) is 101 Å². The number of fused-ring (bicyclic) bond motifs is 1. The van der Waals surface area contributed by atoms with Gasteiger partial charge in [-0.1, -0.05) is 30.3 Å². The number of rotatable bonds is 13. The lowest BCUT2D eigenvalue weighted by atomic mass is 9.99. The van der Waals surface area contributed by atoms with Crippen molar-refractivity contribution in [3.8, 4) is 0 Å². The third-order valence-corrected chi connectivity index (χ3v) is 9.04. The van der Waals surface area contributed by atoms with Crippen molar-refractivity contribution in [2.45, 2.75) is 49.9 Å². The second kappa shape index (κ2) is 13.5. The number of aliphatic hydroxyl groups is 1. The Bertz CT molecular complexity index is 1780. The summed E-state index contributed by atoms with van der Waals surface area (Å²) in [5.74, 6) is -0.198. The predicted molar refractivity (Wildman–Crippen MR) is 173 cm³/mol. The number of aromatic amines is 1. The molecule has 0 aliphatic heterocycles. The number of H-pyrrole nitrogens is 1. The Morgan fingerprint density at radius 3 is 2.63 bits per heavy atom. The Morgan fingerprint density at radius 2 is 1.86 bits per heavy atom. The number of hydrogen-bond donors (Lipinski definition) is 5. The molecule has 0 bridgehead atoms. The SMILES string of the molecule is CC(C)(CCn1ccc2cc(C(=O)NCc3cc(=O)s[nH]3)ccc21)NCC(O)c1cccc(NS(=O)c2ccccc2)c1.